The molecular weight excluding hydrogens is 240 g/mol. The van der Waals surface area contributed by atoms with Gasteiger partial charge in [-0.15, -0.1) is 0 Å². The van der Waals surface area contributed by atoms with Gasteiger partial charge in [-0.3, -0.25) is 4.79 Å². The van der Waals surface area contributed by atoms with Gasteiger partial charge < -0.3 is 15.8 Å². The highest BCUT2D eigenvalue weighted by Crippen LogP contribution is 2.19. The molecule has 4 nitrogen and oxygen atoms in total. The van der Waals surface area contributed by atoms with E-state index in [-0.39, 0.29) is 24.7 Å². The molecule has 4 heteroatoms. The second-order valence-corrected chi connectivity index (χ2v) is 5.21. The zero-order valence-corrected chi connectivity index (χ0v) is 11.4. The summed E-state index contributed by atoms with van der Waals surface area (Å²) >= 11 is 0. The quantitative estimate of drug-likeness (QED) is 0.874. The molecule has 0 aliphatic heterocycles. The summed E-state index contributed by atoms with van der Waals surface area (Å²) in [5.41, 5.74) is 7.94. The SMILES string of the molecule is Cc1ccc(NC(=O)COC2CCCCC2N)cc1. The lowest BCUT2D eigenvalue weighted by molar-refractivity contribution is -0.123. The first kappa shape index (κ1) is 14.0. The van der Waals surface area contributed by atoms with E-state index in [1.54, 1.807) is 0 Å². The Hall–Kier alpha value is -1.39. The Labute approximate surface area is 114 Å². The number of aryl methyl sites for hydroxylation is 1. The fraction of sp³-hybridized carbons (Fsp3) is 0.533. The molecule has 19 heavy (non-hydrogen) atoms. The van der Waals surface area contributed by atoms with Crippen LogP contribution in [0.1, 0.15) is 31.2 Å². The lowest BCUT2D eigenvalue weighted by atomic mass is 9.93. The standard InChI is InChI=1S/C15H22N2O2/c1-11-6-8-12(9-7-11)17-15(18)10-19-14-5-3-2-4-13(14)16/h6-9,13-14H,2-5,10,16H2,1H3,(H,17,18). The molecule has 0 radical (unpaired) electrons. The van der Waals surface area contributed by atoms with Gasteiger partial charge in [-0.25, -0.2) is 0 Å². The molecule has 0 heterocycles. The fourth-order valence-electron chi connectivity index (χ4n) is 2.35. The molecule has 1 aromatic rings. The number of benzene rings is 1. The number of hydrogen-bond donors (Lipinski definition) is 2. The van der Waals surface area contributed by atoms with Crippen molar-refractivity contribution in [2.24, 2.45) is 5.73 Å². The Morgan fingerprint density at radius 3 is 2.68 bits per heavy atom. The Kier molecular flexibility index (Phi) is 4.93. The van der Waals surface area contributed by atoms with Gasteiger partial charge >= 0.3 is 0 Å². The van der Waals surface area contributed by atoms with Crippen molar-refractivity contribution in [1.29, 1.82) is 0 Å². The van der Waals surface area contributed by atoms with Gasteiger partial charge in [-0.05, 0) is 31.9 Å². The van der Waals surface area contributed by atoms with Crippen LogP contribution < -0.4 is 11.1 Å². The average Bonchev–Trinajstić information content (AvgIpc) is 2.40. The maximum absolute atomic E-state index is 11.8. The number of nitrogens with one attached hydrogen (secondary N) is 1. The minimum absolute atomic E-state index is 0.0255. The number of amides is 1. The predicted molar refractivity (Wildman–Crippen MR) is 76.0 cm³/mol. The van der Waals surface area contributed by atoms with Gasteiger partial charge in [0.1, 0.15) is 6.61 Å². The van der Waals surface area contributed by atoms with Crippen molar-refractivity contribution >= 4 is 11.6 Å². The van der Waals surface area contributed by atoms with Crippen LogP contribution in [0.5, 0.6) is 0 Å². The van der Waals surface area contributed by atoms with Crippen molar-refractivity contribution in [2.75, 3.05) is 11.9 Å². The van der Waals surface area contributed by atoms with Gasteiger partial charge in [0.2, 0.25) is 5.91 Å². The fourth-order valence-corrected chi connectivity index (χ4v) is 2.35. The van der Waals surface area contributed by atoms with Crippen LogP contribution in [0.4, 0.5) is 5.69 Å². The minimum Gasteiger partial charge on any atom is -0.367 e. The lowest BCUT2D eigenvalue weighted by Crippen LogP contribution is -2.40. The molecule has 2 atom stereocenters. The van der Waals surface area contributed by atoms with Crippen molar-refractivity contribution in [1.82, 2.24) is 0 Å². The van der Waals surface area contributed by atoms with Crippen molar-refractivity contribution in [3.05, 3.63) is 29.8 Å². The van der Waals surface area contributed by atoms with Crippen molar-refractivity contribution in [2.45, 2.75) is 44.8 Å². The molecule has 0 bridgehead atoms. The van der Waals surface area contributed by atoms with Gasteiger partial charge in [0, 0.05) is 11.7 Å². The first-order chi connectivity index (χ1) is 9.15. The summed E-state index contributed by atoms with van der Waals surface area (Å²) in [5, 5.41) is 2.82. The third-order valence-electron chi connectivity index (χ3n) is 3.52. The number of anilines is 1. The van der Waals surface area contributed by atoms with Crippen LogP contribution >= 0.6 is 0 Å². The minimum atomic E-state index is -0.123. The molecule has 2 unspecified atom stereocenters. The highest BCUT2D eigenvalue weighted by Gasteiger charge is 2.22. The number of rotatable bonds is 4. The van der Waals surface area contributed by atoms with Crippen LogP contribution in [0.2, 0.25) is 0 Å². The van der Waals surface area contributed by atoms with Crippen LogP contribution in [-0.4, -0.2) is 24.7 Å². The van der Waals surface area contributed by atoms with Gasteiger partial charge in [0.05, 0.1) is 6.10 Å². The van der Waals surface area contributed by atoms with Crippen LogP contribution in [0.3, 0.4) is 0 Å². The molecule has 0 spiro atoms. The van der Waals surface area contributed by atoms with Crippen LogP contribution in [0.25, 0.3) is 0 Å². The molecule has 1 fully saturated rings. The van der Waals surface area contributed by atoms with E-state index >= 15 is 0 Å². The molecule has 1 amide bonds. The third-order valence-corrected chi connectivity index (χ3v) is 3.52. The third kappa shape index (κ3) is 4.33. The van der Waals surface area contributed by atoms with Crippen molar-refractivity contribution in [3.8, 4) is 0 Å². The van der Waals surface area contributed by atoms with E-state index < -0.39 is 0 Å². The maximum atomic E-state index is 11.8. The van der Waals surface area contributed by atoms with E-state index in [0.717, 1.165) is 31.4 Å². The van der Waals surface area contributed by atoms with Crippen molar-refractivity contribution < 1.29 is 9.53 Å². The number of carbonyl (C=O) groups is 1. The molecule has 1 aromatic carbocycles. The molecular formula is C15H22N2O2. The zero-order valence-electron chi connectivity index (χ0n) is 11.4. The summed E-state index contributed by atoms with van der Waals surface area (Å²) in [6.07, 6.45) is 4.27. The first-order valence-corrected chi connectivity index (χ1v) is 6.89. The molecule has 1 aliphatic carbocycles. The van der Waals surface area contributed by atoms with Gasteiger partial charge in [-0.2, -0.15) is 0 Å². The summed E-state index contributed by atoms with van der Waals surface area (Å²) < 4.78 is 5.62. The molecule has 2 rings (SSSR count). The Morgan fingerprint density at radius 1 is 1.32 bits per heavy atom. The smallest absolute Gasteiger partial charge is 0.250 e. The summed E-state index contributed by atoms with van der Waals surface area (Å²) in [5.74, 6) is -0.123. The number of carbonyl (C=O) groups excluding carboxylic acids is 1. The largest absolute Gasteiger partial charge is 0.367 e. The maximum Gasteiger partial charge on any atom is 0.250 e. The normalized spacial score (nSPS) is 23.1. The molecule has 0 aromatic heterocycles. The van der Waals surface area contributed by atoms with Crippen molar-refractivity contribution in [3.63, 3.8) is 0 Å². The predicted octanol–water partition coefficient (Wildman–Crippen LogP) is 2.22. The van der Waals surface area contributed by atoms with Crippen LogP contribution in [-0.2, 0) is 9.53 Å². The van der Waals surface area contributed by atoms with Gasteiger partial charge in [0.25, 0.3) is 0 Å². The Bertz CT molecular complexity index is 417. The van der Waals surface area contributed by atoms with E-state index in [1.165, 1.54) is 5.56 Å². The Balaban J connectivity index is 1.76. The van der Waals surface area contributed by atoms with E-state index in [9.17, 15) is 4.79 Å². The molecule has 0 saturated heterocycles. The lowest BCUT2D eigenvalue weighted by Gasteiger charge is -2.28. The van der Waals surface area contributed by atoms with E-state index in [2.05, 4.69) is 5.32 Å². The van der Waals surface area contributed by atoms with E-state index in [4.69, 9.17) is 10.5 Å². The highest BCUT2D eigenvalue weighted by atomic mass is 16.5. The average molecular weight is 262 g/mol. The Morgan fingerprint density at radius 2 is 2.00 bits per heavy atom. The zero-order chi connectivity index (χ0) is 13.7. The topological polar surface area (TPSA) is 64.3 Å². The highest BCUT2D eigenvalue weighted by molar-refractivity contribution is 5.91. The summed E-state index contributed by atoms with van der Waals surface area (Å²) in [7, 11) is 0. The van der Waals surface area contributed by atoms with Gasteiger partial charge in [-0.1, -0.05) is 30.5 Å². The van der Waals surface area contributed by atoms with Gasteiger partial charge in [0.15, 0.2) is 0 Å². The van der Waals surface area contributed by atoms with E-state index in [0.29, 0.717) is 0 Å². The number of ether oxygens (including phenoxy) is 1. The monoisotopic (exact) mass is 262 g/mol. The van der Waals surface area contributed by atoms with E-state index in [1.807, 2.05) is 31.2 Å². The summed E-state index contributed by atoms with van der Waals surface area (Å²) in [6, 6.07) is 7.78. The number of hydrogen-bond acceptors (Lipinski definition) is 3. The molecule has 1 saturated carbocycles. The van der Waals surface area contributed by atoms with Crippen LogP contribution in [0, 0.1) is 6.92 Å². The molecule has 3 N–H and O–H groups in total. The molecule has 104 valence electrons. The summed E-state index contributed by atoms with van der Waals surface area (Å²) in [6.45, 7) is 2.09. The second-order valence-electron chi connectivity index (χ2n) is 5.21. The number of nitrogens with two attached hydrogens (primary N) is 1. The summed E-state index contributed by atoms with van der Waals surface area (Å²) in [4.78, 5) is 11.8. The second kappa shape index (κ2) is 6.68. The first-order valence-electron chi connectivity index (χ1n) is 6.89. The molecule has 1 aliphatic rings. The van der Waals surface area contributed by atoms with Crippen LogP contribution in [0.15, 0.2) is 24.3 Å².